The molecule has 3 nitrogen and oxygen atoms in total. The first-order valence-electron chi connectivity index (χ1n) is 5.16. The predicted octanol–water partition coefficient (Wildman–Crippen LogP) is 3.35. The van der Waals surface area contributed by atoms with E-state index in [0.29, 0.717) is 5.56 Å². The Hall–Kier alpha value is -1.24. The van der Waals surface area contributed by atoms with Gasteiger partial charge in [0.2, 0.25) is 0 Å². The average molecular weight is 282 g/mol. The maximum absolute atomic E-state index is 12.1. The molecule has 0 radical (unpaired) electrons. The van der Waals surface area contributed by atoms with Gasteiger partial charge >= 0.3 is 15.6 Å². The van der Waals surface area contributed by atoms with Gasteiger partial charge in [0.15, 0.2) is 0 Å². The van der Waals surface area contributed by atoms with Crippen LogP contribution in [0.5, 0.6) is 5.75 Å². The standard InChI is InChI=1S/C11H13F3O3S/c1-7(2)10-5-4-9(6-8(10)3)17-18(15,16)11(12,13)14/h4-7H,1-3H3. The van der Waals surface area contributed by atoms with Gasteiger partial charge in [-0.25, -0.2) is 0 Å². The largest absolute Gasteiger partial charge is 0.534 e. The van der Waals surface area contributed by atoms with E-state index in [9.17, 15) is 21.6 Å². The summed E-state index contributed by atoms with van der Waals surface area (Å²) < 4.78 is 62.0. The molecule has 0 fully saturated rings. The number of hydrogen-bond acceptors (Lipinski definition) is 3. The molecule has 0 atom stereocenters. The Bertz CT molecular complexity index is 533. The molecule has 7 heteroatoms. The Morgan fingerprint density at radius 1 is 1.22 bits per heavy atom. The van der Waals surface area contributed by atoms with Gasteiger partial charge in [-0.2, -0.15) is 21.6 Å². The topological polar surface area (TPSA) is 43.4 Å². The van der Waals surface area contributed by atoms with Crippen LogP contribution < -0.4 is 4.18 Å². The number of benzene rings is 1. The summed E-state index contributed by atoms with van der Waals surface area (Å²) in [7, 11) is -5.60. The summed E-state index contributed by atoms with van der Waals surface area (Å²) in [5.74, 6) is -0.146. The van der Waals surface area contributed by atoms with Crippen molar-refractivity contribution in [2.24, 2.45) is 0 Å². The summed E-state index contributed by atoms with van der Waals surface area (Å²) in [6, 6.07) is 4.05. The van der Waals surface area contributed by atoms with Crippen LogP contribution in [0.15, 0.2) is 18.2 Å². The van der Waals surface area contributed by atoms with Crippen molar-refractivity contribution in [2.75, 3.05) is 0 Å². The van der Waals surface area contributed by atoms with Crippen LogP contribution in [-0.4, -0.2) is 13.9 Å². The van der Waals surface area contributed by atoms with E-state index in [4.69, 9.17) is 0 Å². The van der Waals surface area contributed by atoms with Crippen LogP contribution in [0.4, 0.5) is 13.2 Å². The highest BCUT2D eigenvalue weighted by atomic mass is 32.2. The molecule has 1 aromatic carbocycles. The highest BCUT2D eigenvalue weighted by Gasteiger charge is 2.48. The molecular formula is C11H13F3O3S. The zero-order valence-corrected chi connectivity index (χ0v) is 10.9. The first-order valence-corrected chi connectivity index (χ1v) is 6.56. The first-order chi connectivity index (χ1) is 8.04. The van der Waals surface area contributed by atoms with Crippen LogP contribution in [0.2, 0.25) is 0 Å². The number of rotatable bonds is 3. The van der Waals surface area contributed by atoms with Gasteiger partial charge in [-0.3, -0.25) is 0 Å². The normalized spacial score (nSPS) is 12.8. The monoisotopic (exact) mass is 282 g/mol. The Morgan fingerprint density at radius 2 is 1.78 bits per heavy atom. The quantitative estimate of drug-likeness (QED) is 0.630. The molecule has 102 valence electrons. The fourth-order valence-corrected chi connectivity index (χ4v) is 1.97. The van der Waals surface area contributed by atoms with Crippen LogP contribution in [-0.2, 0) is 10.1 Å². The van der Waals surface area contributed by atoms with E-state index in [1.807, 2.05) is 13.8 Å². The molecule has 0 saturated carbocycles. The third kappa shape index (κ3) is 3.16. The third-order valence-corrected chi connectivity index (χ3v) is 3.33. The number of alkyl halides is 3. The lowest BCUT2D eigenvalue weighted by Gasteiger charge is -2.13. The Labute approximate surface area is 104 Å². The van der Waals surface area contributed by atoms with Crippen LogP contribution in [0.3, 0.4) is 0 Å². The van der Waals surface area contributed by atoms with Crippen LogP contribution in [0.1, 0.15) is 30.9 Å². The van der Waals surface area contributed by atoms with Crippen LogP contribution in [0.25, 0.3) is 0 Å². The second-order valence-electron chi connectivity index (χ2n) is 4.16. The molecule has 0 spiro atoms. The summed E-state index contributed by atoms with van der Waals surface area (Å²) in [5, 5.41) is 0. The lowest BCUT2D eigenvalue weighted by Crippen LogP contribution is -2.28. The van der Waals surface area contributed by atoms with Gasteiger partial charge in [-0.05, 0) is 36.1 Å². The van der Waals surface area contributed by atoms with Crippen molar-refractivity contribution in [2.45, 2.75) is 32.2 Å². The smallest absolute Gasteiger partial charge is 0.376 e. The zero-order chi connectivity index (χ0) is 14.1. The van der Waals surface area contributed by atoms with E-state index in [-0.39, 0.29) is 11.7 Å². The highest BCUT2D eigenvalue weighted by Crippen LogP contribution is 2.29. The number of aryl methyl sites for hydroxylation is 1. The zero-order valence-electron chi connectivity index (χ0n) is 10.1. The molecule has 0 aliphatic carbocycles. The Kier molecular flexibility index (Phi) is 3.95. The second kappa shape index (κ2) is 4.79. The fourth-order valence-electron chi connectivity index (χ4n) is 1.52. The fraction of sp³-hybridized carbons (Fsp3) is 0.455. The minimum Gasteiger partial charge on any atom is -0.376 e. The van der Waals surface area contributed by atoms with Gasteiger partial charge in [0.25, 0.3) is 0 Å². The maximum atomic E-state index is 12.1. The van der Waals surface area contributed by atoms with Crippen LogP contribution >= 0.6 is 0 Å². The first kappa shape index (κ1) is 14.8. The summed E-state index contributed by atoms with van der Waals surface area (Å²) in [4.78, 5) is 0. The lowest BCUT2D eigenvalue weighted by atomic mass is 9.98. The molecule has 0 N–H and O–H groups in total. The van der Waals surface area contributed by atoms with E-state index in [1.54, 1.807) is 13.0 Å². The third-order valence-electron chi connectivity index (χ3n) is 2.35. The van der Waals surface area contributed by atoms with Gasteiger partial charge in [-0.1, -0.05) is 19.9 Å². The molecular weight excluding hydrogens is 269 g/mol. The van der Waals surface area contributed by atoms with E-state index < -0.39 is 15.6 Å². The average Bonchev–Trinajstić information content (AvgIpc) is 2.14. The minimum absolute atomic E-state index is 0.193. The molecule has 0 aromatic heterocycles. The molecule has 0 bridgehead atoms. The van der Waals surface area contributed by atoms with E-state index in [0.717, 1.165) is 5.56 Å². The van der Waals surface area contributed by atoms with Gasteiger partial charge < -0.3 is 4.18 Å². The summed E-state index contributed by atoms with van der Waals surface area (Å²) >= 11 is 0. The van der Waals surface area contributed by atoms with Gasteiger partial charge in [-0.15, -0.1) is 0 Å². The Morgan fingerprint density at radius 3 is 2.17 bits per heavy atom. The molecule has 1 rings (SSSR count). The van der Waals surface area contributed by atoms with E-state index >= 15 is 0 Å². The molecule has 0 aliphatic rings. The van der Waals surface area contributed by atoms with Crippen molar-refractivity contribution >= 4 is 10.1 Å². The summed E-state index contributed by atoms with van der Waals surface area (Å²) in [5.41, 5.74) is -3.82. The minimum atomic E-state index is -5.60. The van der Waals surface area contributed by atoms with Crippen molar-refractivity contribution in [1.29, 1.82) is 0 Å². The second-order valence-corrected chi connectivity index (χ2v) is 5.69. The maximum Gasteiger partial charge on any atom is 0.534 e. The number of hydrogen-bond donors (Lipinski definition) is 0. The summed E-state index contributed by atoms with van der Waals surface area (Å²) in [6.07, 6.45) is 0. The van der Waals surface area contributed by atoms with E-state index in [2.05, 4.69) is 4.18 Å². The molecule has 0 heterocycles. The SMILES string of the molecule is Cc1cc(OS(=O)(=O)C(F)(F)F)ccc1C(C)C. The van der Waals surface area contributed by atoms with Gasteiger partial charge in [0.1, 0.15) is 5.75 Å². The summed E-state index contributed by atoms with van der Waals surface area (Å²) in [6.45, 7) is 5.53. The number of halogens is 3. The van der Waals surface area contributed by atoms with Crippen molar-refractivity contribution < 1.29 is 25.8 Å². The molecule has 18 heavy (non-hydrogen) atoms. The van der Waals surface area contributed by atoms with Crippen LogP contribution in [0, 0.1) is 6.92 Å². The van der Waals surface area contributed by atoms with Crippen molar-refractivity contribution in [3.05, 3.63) is 29.3 Å². The highest BCUT2D eigenvalue weighted by molar-refractivity contribution is 7.87. The van der Waals surface area contributed by atoms with Crippen molar-refractivity contribution in [1.82, 2.24) is 0 Å². The van der Waals surface area contributed by atoms with Gasteiger partial charge in [0, 0.05) is 0 Å². The molecule has 0 saturated heterocycles. The Balaban J connectivity index is 3.05. The molecule has 0 unspecified atom stereocenters. The molecule has 0 amide bonds. The van der Waals surface area contributed by atoms with Crippen molar-refractivity contribution in [3.8, 4) is 5.75 Å². The molecule has 0 aliphatic heterocycles. The predicted molar refractivity (Wildman–Crippen MR) is 60.9 cm³/mol. The van der Waals surface area contributed by atoms with Gasteiger partial charge in [0.05, 0.1) is 0 Å². The van der Waals surface area contributed by atoms with E-state index in [1.165, 1.54) is 12.1 Å². The lowest BCUT2D eigenvalue weighted by molar-refractivity contribution is -0.0500. The molecule has 1 aromatic rings. The van der Waals surface area contributed by atoms with Crippen molar-refractivity contribution in [3.63, 3.8) is 0 Å².